The van der Waals surface area contributed by atoms with Gasteiger partial charge in [-0.1, -0.05) is 22.0 Å². The number of hydrazone groups is 1. The number of halogens is 1. The molecule has 6 nitrogen and oxygen atoms in total. The summed E-state index contributed by atoms with van der Waals surface area (Å²) in [6.45, 7) is 9.55. The molecule has 31 heavy (non-hydrogen) atoms. The lowest BCUT2D eigenvalue weighted by atomic mass is 9.88. The highest BCUT2D eigenvalue weighted by molar-refractivity contribution is 9.10. The number of likely N-dealkylation sites (N-methyl/N-ethyl adjacent to an activating group) is 1. The van der Waals surface area contributed by atoms with Gasteiger partial charge >= 0.3 is 0 Å². The molecule has 1 N–H and O–H groups in total. The zero-order chi connectivity index (χ0) is 22.8. The van der Waals surface area contributed by atoms with Crippen molar-refractivity contribution >= 4 is 39.3 Å². The number of benzene rings is 2. The van der Waals surface area contributed by atoms with Crippen molar-refractivity contribution in [3.05, 3.63) is 57.6 Å². The topological polar surface area (TPSA) is 63.2 Å². The molecule has 1 aliphatic rings. The second kappa shape index (κ2) is 9.14. The molecule has 1 heterocycles. The Morgan fingerprint density at radius 1 is 1.19 bits per heavy atom. The summed E-state index contributed by atoms with van der Waals surface area (Å²) < 4.78 is 11.7. The third kappa shape index (κ3) is 4.61. The van der Waals surface area contributed by atoms with E-state index in [2.05, 4.69) is 65.1 Å². The van der Waals surface area contributed by atoms with Gasteiger partial charge in [0.25, 0.3) is 5.91 Å². The number of allylic oxidation sites excluding steroid dienone is 1. The summed E-state index contributed by atoms with van der Waals surface area (Å²) in [6.07, 6.45) is 3.87. The van der Waals surface area contributed by atoms with Crippen molar-refractivity contribution in [3.63, 3.8) is 0 Å². The third-order valence-corrected chi connectivity index (χ3v) is 5.91. The van der Waals surface area contributed by atoms with Gasteiger partial charge in [-0.2, -0.15) is 5.10 Å². The first-order valence-electron chi connectivity index (χ1n) is 10.1. The van der Waals surface area contributed by atoms with Crippen LogP contribution in [0.1, 0.15) is 49.2 Å². The smallest absolute Gasteiger partial charge is 0.275 e. The van der Waals surface area contributed by atoms with Crippen molar-refractivity contribution in [2.24, 2.45) is 5.10 Å². The van der Waals surface area contributed by atoms with Crippen LogP contribution in [0.4, 0.5) is 5.69 Å². The number of nitrogens with zero attached hydrogens (tertiary/aromatic N) is 2. The summed E-state index contributed by atoms with van der Waals surface area (Å²) in [5.41, 5.74) is 7.13. The van der Waals surface area contributed by atoms with Crippen molar-refractivity contribution in [1.82, 2.24) is 5.43 Å². The van der Waals surface area contributed by atoms with E-state index < -0.39 is 0 Å². The Bertz CT molecular complexity index is 1060. The number of carbonyl (C=O) groups is 1. The molecule has 3 rings (SSSR count). The summed E-state index contributed by atoms with van der Waals surface area (Å²) >= 11 is 3.38. The van der Waals surface area contributed by atoms with Crippen molar-refractivity contribution in [3.8, 4) is 11.5 Å². The van der Waals surface area contributed by atoms with Crippen LogP contribution in [0.2, 0.25) is 0 Å². The van der Waals surface area contributed by atoms with E-state index in [0.29, 0.717) is 17.1 Å². The highest BCUT2D eigenvalue weighted by Gasteiger charge is 2.31. The number of rotatable bonds is 6. The molecule has 0 unspecified atom stereocenters. The minimum absolute atomic E-state index is 0.0799. The minimum atomic E-state index is -0.360. The number of hydrogen-bond acceptors (Lipinski definition) is 5. The van der Waals surface area contributed by atoms with Gasteiger partial charge in [-0.15, -0.1) is 0 Å². The predicted octanol–water partition coefficient (Wildman–Crippen LogP) is 5.25. The number of anilines is 1. The van der Waals surface area contributed by atoms with E-state index in [-0.39, 0.29) is 11.4 Å². The molecule has 0 spiro atoms. The SMILES string of the molecule is CCN1c2cc(OC)c(/C=N\NC(=O)c3cc(Br)ccc3OC)cc2C(C)=CC1(C)C. The fraction of sp³-hybridized carbons (Fsp3) is 0.333. The Hall–Kier alpha value is -2.80. The van der Waals surface area contributed by atoms with Crippen LogP contribution in [0.15, 0.2) is 46.0 Å². The molecule has 0 aromatic heterocycles. The Kier molecular flexibility index (Phi) is 6.74. The fourth-order valence-electron chi connectivity index (χ4n) is 4.05. The molecule has 0 saturated heterocycles. The van der Waals surface area contributed by atoms with Crippen LogP contribution in [0.25, 0.3) is 5.57 Å². The van der Waals surface area contributed by atoms with Crippen LogP contribution in [-0.2, 0) is 0 Å². The highest BCUT2D eigenvalue weighted by atomic mass is 79.9. The Morgan fingerprint density at radius 2 is 1.90 bits per heavy atom. The first-order valence-corrected chi connectivity index (χ1v) is 10.9. The van der Waals surface area contributed by atoms with Gasteiger partial charge in [-0.05, 0) is 57.5 Å². The van der Waals surface area contributed by atoms with Crippen LogP contribution in [0.3, 0.4) is 0 Å². The quantitative estimate of drug-likeness (QED) is 0.448. The lowest BCUT2D eigenvalue weighted by Crippen LogP contribution is -2.44. The maximum atomic E-state index is 12.6. The number of carbonyl (C=O) groups excluding carboxylic acids is 1. The molecule has 2 aromatic carbocycles. The summed E-state index contributed by atoms with van der Waals surface area (Å²) in [5.74, 6) is 0.812. The Labute approximate surface area is 192 Å². The van der Waals surface area contributed by atoms with E-state index in [9.17, 15) is 4.79 Å². The first kappa shape index (κ1) is 22.9. The minimum Gasteiger partial charge on any atom is -0.496 e. The van der Waals surface area contributed by atoms with Crippen LogP contribution < -0.4 is 19.8 Å². The molecule has 0 fully saturated rings. The van der Waals surface area contributed by atoms with Crippen LogP contribution in [-0.4, -0.2) is 38.4 Å². The molecule has 1 amide bonds. The van der Waals surface area contributed by atoms with Gasteiger partial charge in [0, 0.05) is 33.9 Å². The van der Waals surface area contributed by atoms with E-state index in [4.69, 9.17) is 9.47 Å². The maximum Gasteiger partial charge on any atom is 0.275 e. The zero-order valence-electron chi connectivity index (χ0n) is 18.7. The number of methoxy groups -OCH3 is 2. The summed E-state index contributed by atoms with van der Waals surface area (Å²) in [7, 11) is 3.16. The highest BCUT2D eigenvalue weighted by Crippen LogP contribution is 2.41. The van der Waals surface area contributed by atoms with Gasteiger partial charge in [0.1, 0.15) is 11.5 Å². The fourth-order valence-corrected chi connectivity index (χ4v) is 4.42. The van der Waals surface area contributed by atoms with E-state index in [1.165, 1.54) is 12.7 Å². The molecule has 0 saturated carbocycles. The van der Waals surface area contributed by atoms with E-state index in [1.54, 1.807) is 25.5 Å². The molecule has 0 radical (unpaired) electrons. The average molecular weight is 486 g/mol. The summed E-state index contributed by atoms with van der Waals surface area (Å²) in [4.78, 5) is 14.9. The lowest BCUT2D eigenvalue weighted by Gasteiger charge is -2.43. The Morgan fingerprint density at radius 3 is 2.55 bits per heavy atom. The van der Waals surface area contributed by atoms with Crippen molar-refractivity contribution in [1.29, 1.82) is 0 Å². The molecule has 0 atom stereocenters. The molecule has 0 aliphatic carbocycles. The summed E-state index contributed by atoms with van der Waals surface area (Å²) in [6, 6.07) is 9.32. The van der Waals surface area contributed by atoms with Gasteiger partial charge in [0.2, 0.25) is 0 Å². The average Bonchev–Trinajstić information content (AvgIpc) is 2.73. The van der Waals surface area contributed by atoms with Crippen molar-refractivity contribution in [2.45, 2.75) is 33.2 Å². The normalized spacial score (nSPS) is 14.8. The van der Waals surface area contributed by atoms with Crippen molar-refractivity contribution in [2.75, 3.05) is 25.7 Å². The largest absolute Gasteiger partial charge is 0.496 e. The van der Waals surface area contributed by atoms with E-state index in [0.717, 1.165) is 27.8 Å². The predicted molar refractivity (Wildman–Crippen MR) is 129 cm³/mol. The number of ether oxygens (including phenoxy) is 2. The number of amides is 1. The number of nitrogens with one attached hydrogen (secondary N) is 1. The summed E-state index contributed by atoms with van der Waals surface area (Å²) in [5, 5.41) is 4.16. The monoisotopic (exact) mass is 485 g/mol. The van der Waals surface area contributed by atoms with E-state index in [1.807, 2.05) is 18.2 Å². The van der Waals surface area contributed by atoms with Gasteiger partial charge in [-0.3, -0.25) is 4.79 Å². The van der Waals surface area contributed by atoms with Crippen LogP contribution in [0, 0.1) is 0 Å². The standard InChI is InChI=1S/C24H28BrN3O3/c1-7-28-20-12-22(31-6)16(10-18(20)15(2)13-24(28,3)4)14-26-27-23(29)19-11-17(25)8-9-21(19)30-5/h8-14H,7H2,1-6H3,(H,27,29)/b26-14-. The third-order valence-electron chi connectivity index (χ3n) is 5.42. The molecule has 2 aromatic rings. The maximum absolute atomic E-state index is 12.6. The van der Waals surface area contributed by atoms with Crippen molar-refractivity contribution < 1.29 is 14.3 Å². The second-order valence-electron chi connectivity index (χ2n) is 7.88. The van der Waals surface area contributed by atoms with Gasteiger partial charge in [0.05, 0.1) is 31.5 Å². The van der Waals surface area contributed by atoms with Crippen LogP contribution in [0.5, 0.6) is 11.5 Å². The number of hydrogen-bond donors (Lipinski definition) is 1. The molecule has 0 bridgehead atoms. The first-order chi connectivity index (χ1) is 14.7. The zero-order valence-corrected chi connectivity index (χ0v) is 20.3. The Balaban J connectivity index is 1.91. The van der Waals surface area contributed by atoms with Crippen LogP contribution >= 0.6 is 15.9 Å². The molecular formula is C24H28BrN3O3. The molecular weight excluding hydrogens is 458 g/mol. The van der Waals surface area contributed by atoms with Gasteiger partial charge in [0.15, 0.2) is 0 Å². The van der Waals surface area contributed by atoms with E-state index >= 15 is 0 Å². The second-order valence-corrected chi connectivity index (χ2v) is 8.80. The number of fused-ring (bicyclic) bond motifs is 1. The van der Waals surface area contributed by atoms with Gasteiger partial charge < -0.3 is 14.4 Å². The lowest BCUT2D eigenvalue weighted by molar-refractivity contribution is 0.0952. The molecule has 7 heteroatoms. The van der Waals surface area contributed by atoms with Gasteiger partial charge in [-0.25, -0.2) is 5.43 Å². The molecule has 164 valence electrons. The molecule has 1 aliphatic heterocycles.